The molecule has 1 saturated heterocycles. The van der Waals surface area contributed by atoms with Gasteiger partial charge >= 0.3 is 0 Å². The number of carbonyl (C=O) groups excluding carboxylic acids is 1. The molecular formula is C22H26N4O. The zero-order chi connectivity index (χ0) is 18.6. The van der Waals surface area contributed by atoms with Crippen molar-refractivity contribution >= 4 is 16.7 Å². The molecule has 0 aliphatic carbocycles. The lowest BCUT2D eigenvalue weighted by Gasteiger charge is -2.32. The molecule has 1 aromatic heterocycles. The summed E-state index contributed by atoms with van der Waals surface area (Å²) < 4.78 is 0. The average molecular weight is 362 g/mol. The first-order chi connectivity index (χ1) is 13.2. The van der Waals surface area contributed by atoms with E-state index in [-0.39, 0.29) is 5.91 Å². The Hall–Kier alpha value is -2.66. The van der Waals surface area contributed by atoms with Gasteiger partial charge in [-0.15, -0.1) is 0 Å². The molecule has 1 unspecified atom stereocenters. The number of hydrogen-bond donors (Lipinski definition) is 2. The van der Waals surface area contributed by atoms with E-state index in [1.807, 2.05) is 42.5 Å². The van der Waals surface area contributed by atoms with Crippen LogP contribution in [-0.4, -0.2) is 40.4 Å². The SMILES string of the molecule is Cc1[nH]cnc1CN1CCCC(CNC(=O)c2cccc3ccccc23)C1. The van der Waals surface area contributed by atoms with Crippen LogP contribution in [0, 0.1) is 12.8 Å². The summed E-state index contributed by atoms with van der Waals surface area (Å²) in [5.41, 5.74) is 3.02. The second kappa shape index (κ2) is 7.92. The molecule has 1 amide bonds. The molecule has 2 N–H and O–H groups in total. The standard InChI is InChI=1S/C22H26N4O/c1-16-21(25-15-24-16)14-26-11-5-6-17(13-26)12-23-22(27)20-10-4-8-18-7-2-3-9-19(18)20/h2-4,7-10,15,17H,5-6,11-14H2,1H3,(H,23,27)(H,24,25). The van der Waals surface area contributed by atoms with Crippen molar-refractivity contribution in [2.75, 3.05) is 19.6 Å². The van der Waals surface area contributed by atoms with Crippen LogP contribution in [0.3, 0.4) is 0 Å². The van der Waals surface area contributed by atoms with Crippen molar-refractivity contribution in [3.05, 3.63) is 65.7 Å². The Morgan fingerprint density at radius 3 is 2.96 bits per heavy atom. The number of nitrogens with zero attached hydrogens (tertiary/aromatic N) is 2. The molecule has 140 valence electrons. The molecule has 0 radical (unpaired) electrons. The first-order valence-corrected chi connectivity index (χ1v) is 9.68. The first kappa shape index (κ1) is 17.7. The predicted octanol–water partition coefficient (Wildman–Crippen LogP) is 3.51. The Labute approximate surface area is 159 Å². The number of aryl methyl sites for hydroxylation is 1. The first-order valence-electron chi connectivity index (χ1n) is 9.68. The van der Waals surface area contributed by atoms with Crippen LogP contribution in [0.4, 0.5) is 0 Å². The number of nitrogens with one attached hydrogen (secondary N) is 2. The fourth-order valence-electron chi connectivity index (χ4n) is 3.98. The number of imidazole rings is 1. The molecule has 0 bridgehead atoms. The van der Waals surface area contributed by atoms with Gasteiger partial charge in [0.25, 0.3) is 5.91 Å². The number of aromatic amines is 1. The minimum absolute atomic E-state index is 0.0204. The normalized spacial score (nSPS) is 17.9. The molecule has 1 atom stereocenters. The molecule has 27 heavy (non-hydrogen) atoms. The average Bonchev–Trinajstić information content (AvgIpc) is 3.10. The fourth-order valence-corrected chi connectivity index (χ4v) is 3.98. The lowest BCUT2D eigenvalue weighted by molar-refractivity contribution is 0.0932. The van der Waals surface area contributed by atoms with Crippen LogP contribution in [0.2, 0.25) is 0 Å². The lowest BCUT2D eigenvalue weighted by Crippen LogP contribution is -2.40. The predicted molar refractivity (Wildman–Crippen MR) is 108 cm³/mol. The van der Waals surface area contributed by atoms with E-state index in [9.17, 15) is 4.79 Å². The molecule has 2 heterocycles. The van der Waals surface area contributed by atoms with Crippen molar-refractivity contribution in [3.8, 4) is 0 Å². The number of carbonyl (C=O) groups is 1. The summed E-state index contributed by atoms with van der Waals surface area (Å²) >= 11 is 0. The molecule has 5 heteroatoms. The number of likely N-dealkylation sites (tertiary alicyclic amines) is 1. The molecule has 5 nitrogen and oxygen atoms in total. The van der Waals surface area contributed by atoms with Crippen LogP contribution in [0.5, 0.6) is 0 Å². The van der Waals surface area contributed by atoms with Crippen LogP contribution in [0.15, 0.2) is 48.8 Å². The Bertz CT molecular complexity index is 927. The second-order valence-electron chi connectivity index (χ2n) is 7.45. The number of fused-ring (bicyclic) bond motifs is 1. The third-order valence-corrected chi connectivity index (χ3v) is 5.50. The number of aromatic nitrogens is 2. The topological polar surface area (TPSA) is 61.0 Å². The van der Waals surface area contributed by atoms with E-state index < -0.39 is 0 Å². The highest BCUT2D eigenvalue weighted by Crippen LogP contribution is 2.20. The molecule has 1 aliphatic heterocycles. The number of piperidine rings is 1. The Kier molecular flexibility index (Phi) is 5.21. The van der Waals surface area contributed by atoms with Gasteiger partial charge in [0, 0.05) is 30.9 Å². The highest BCUT2D eigenvalue weighted by molar-refractivity contribution is 6.06. The molecule has 1 aliphatic rings. The summed E-state index contributed by atoms with van der Waals surface area (Å²) in [5.74, 6) is 0.504. The van der Waals surface area contributed by atoms with Gasteiger partial charge in [-0.1, -0.05) is 36.4 Å². The van der Waals surface area contributed by atoms with Gasteiger partial charge in [0.15, 0.2) is 0 Å². The van der Waals surface area contributed by atoms with E-state index in [4.69, 9.17) is 0 Å². The monoisotopic (exact) mass is 362 g/mol. The maximum atomic E-state index is 12.7. The summed E-state index contributed by atoms with van der Waals surface area (Å²) in [6.45, 7) is 5.76. The highest BCUT2D eigenvalue weighted by atomic mass is 16.1. The molecule has 1 fully saturated rings. The number of amides is 1. The van der Waals surface area contributed by atoms with Crippen LogP contribution in [-0.2, 0) is 6.54 Å². The highest BCUT2D eigenvalue weighted by Gasteiger charge is 2.22. The molecule has 0 spiro atoms. The van der Waals surface area contributed by atoms with Gasteiger partial charge in [-0.05, 0) is 49.1 Å². The van der Waals surface area contributed by atoms with E-state index in [1.54, 1.807) is 6.33 Å². The van der Waals surface area contributed by atoms with E-state index in [0.717, 1.165) is 66.7 Å². The molecular weight excluding hydrogens is 336 g/mol. The molecule has 4 rings (SSSR count). The quantitative estimate of drug-likeness (QED) is 0.730. The largest absolute Gasteiger partial charge is 0.352 e. The van der Waals surface area contributed by atoms with E-state index in [0.29, 0.717) is 5.92 Å². The minimum atomic E-state index is 0.0204. The van der Waals surface area contributed by atoms with E-state index in [1.165, 1.54) is 0 Å². The van der Waals surface area contributed by atoms with Crippen molar-refractivity contribution < 1.29 is 4.79 Å². The molecule has 0 saturated carbocycles. The van der Waals surface area contributed by atoms with Gasteiger partial charge in [-0.25, -0.2) is 4.98 Å². The van der Waals surface area contributed by atoms with E-state index >= 15 is 0 Å². The van der Waals surface area contributed by atoms with Crippen molar-refractivity contribution in [2.45, 2.75) is 26.3 Å². The Morgan fingerprint density at radius 2 is 2.11 bits per heavy atom. The van der Waals surface area contributed by atoms with Gasteiger partial charge < -0.3 is 10.3 Å². The zero-order valence-corrected chi connectivity index (χ0v) is 15.7. The second-order valence-corrected chi connectivity index (χ2v) is 7.45. The molecule has 3 aromatic rings. The fraction of sp³-hybridized carbons (Fsp3) is 0.364. The van der Waals surface area contributed by atoms with Crippen molar-refractivity contribution in [1.29, 1.82) is 0 Å². The van der Waals surface area contributed by atoms with Crippen molar-refractivity contribution in [2.24, 2.45) is 5.92 Å². The van der Waals surface area contributed by atoms with Gasteiger partial charge in [0.1, 0.15) is 0 Å². The van der Waals surface area contributed by atoms with E-state index in [2.05, 4.69) is 27.1 Å². The van der Waals surface area contributed by atoms with Gasteiger partial charge in [0.2, 0.25) is 0 Å². The maximum Gasteiger partial charge on any atom is 0.251 e. The van der Waals surface area contributed by atoms with Crippen molar-refractivity contribution in [3.63, 3.8) is 0 Å². The summed E-state index contributed by atoms with van der Waals surface area (Å²) in [4.78, 5) is 22.7. The Morgan fingerprint density at radius 1 is 1.26 bits per heavy atom. The molecule has 2 aromatic carbocycles. The number of benzene rings is 2. The smallest absolute Gasteiger partial charge is 0.251 e. The summed E-state index contributed by atoms with van der Waals surface area (Å²) in [5, 5.41) is 5.28. The number of hydrogen-bond acceptors (Lipinski definition) is 3. The van der Waals surface area contributed by atoms with Crippen molar-refractivity contribution in [1.82, 2.24) is 20.2 Å². The number of rotatable bonds is 5. The number of H-pyrrole nitrogens is 1. The van der Waals surface area contributed by atoms with Crippen LogP contribution < -0.4 is 5.32 Å². The maximum absolute atomic E-state index is 12.7. The third-order valence-electron chi connectivity index (χ3n) is 5.50. The minimum Gasteiger partial charge on any atom is -0.352 e. The lowest BCUT2D eigenvalue weighted by atomic mass is 9.97. The van der Waals surface area contributed by atoms with Crippen LogP contribution in [0.25, 0.3) is 10.8 Å². The van der Waals surface area contributed by atoms with Crippen LogP contribution >= 0.6 is 0 Å². The summed E-state index contributed by atoms with van der Waals surface area (Å²) in [7, 11) is 0. The summed E-state index contributed by atoms with van der Waals surface area (Å²) in [6.07, 6.45) is 4.08. The van der Waals surface area contributed by atoms with Crippen LogP contribution in [0.1, 0.15) is 34.6 Å². The van der Waals surface area contributed by atoms with Gasteiger partial charge in [-0.2, -0.15) is 0 Å². The van der Waals surface area contributed by atoms with Gasteiger partial charge in [0.05, 0.1) is 12.0 Å². The Balaban J connectivity index is 1.36. The summed E-state index contributed by atoms with van der Waals surface area (Å²) in [6, 6.07) is 13.9. The third kappa shape index (κ3) is 4.03. The zero-order valence-electron chi connectivity index (χ0n) is 15.7. The van der Waals surface area contributed by atoms with Gasteiger partial charge in [-0.3, -0.25) is 9.69 Å².